The van der Waals surface area contributed by atoms with Crippen molar-refractivity contribution in [3.8, 4) is 5.75 Å². The maximum absolute atomic E-state index is 12.9. The highest BCUT2D eigenvalue weighted by Gasteiger charge is 2.32. The molecule has 10 heteroatoms. The van der Waals surface area contributed by atoms with Gasteiger partial charge < -0.3 is 14.4 Å². The number of esters is 1. The second kappa shape index (κ2) is 8.97. The fraction of sp³-hybridized carbons (Fsp3) is 0.429. The van der Waals surface area contributed by atoms with Crippen LogP contribution in [-0.4, -0.2) is 69.4 Å². The molecule has 8 nitrogen and oxygen atoms in total. The summed E-state index contributed by atoms with van der Waals surface area (Å²) in [5.41, 5.74) is 0.764. The number of hydrogen-bond acceptors (Lipinski definition) is 7. The molecule has 166 valence electrons. The van der Waals surface area contributed by atoms with Gasteiger partial charge in [0, 0.05) is 37.1 Å². The number of carbonyl (C=O) groups excluding carboxylic acids is 2. The average molecular weight is 465 g/mol. The van der Waals surface area contributed by atoms with Gasteiger partial charge in [-0.05, 0) is 49.1 Å². The van der Waals surface area contributed by atoms with Crippen LogP contribution < -0.4 is 4.74 Å². The van der Waals surface area contributed by atoms with E-state index in [9.17, 15) is 18.0 Å². The van der Waals surface area contributed by atoms with Crippen molar-refractivity contribution in [3.63, 3.8) is 0 Å². The van der Waals surface area contributed by atoms with E-state index in [2.05, 4.69) is 4.74 Å². The molecular formula is C21H24N2O6S2. The maximum atomic E-state index is 12.9. The van der Waals surface area contributed by atoms with Gasteiger partial charge in [-0.2, -0.15) is 4.31 Å². The largest absolute Gasteiger partial charge is 0.493 e. The van der Waals surface area contributed by atoms with E-state index < -0.39 is 16.0 Å². The minimum absolute atomic E-state index is 0.0921. The first kappa shape index (κ1) is 21.8. The molecule has 1 amide bonds. The molecule has 2 heterocycles. The van der Waals surface area contributed by atoms with Crippen LogP contribution in [-0.2, 0) is 14.8 Å². The summed E-state index contributed by atoms with van der Waals surface area (Å²) in [7, 11) is -2.47. The van der Waals surface area contributed by atoms with Gasteiger partial charge in [0.2, 0.25) is 0 Å². The summed E-state index contributed by atoms with van der Waals surface area (Å²) < 4.78 is 37.5. The van der Waals surface area contributed by atoms with Gasteiger partial charge in [0.15, 0.2) is 0 Å². The van der Waals surface area contributed by atoms with Crippen LogP contribution in [0, 0.1) is 5.92 Å². The Labute approximate surface area is 185 Å². The standard InChI is InChI=1S/C21H24N2O6S2/c1-28-21(25)17-12-19(30-14-17)31(26,27)23-10-8-22(9-11-23)20(24)16-4-6-18(7-5-16)29-13-15-2-3-15/h4-7,12,14-15H,2-3,8-11,13H2,1H3. The molecule has 1 saturated carbocycles. The number of rotatable bonds is 7. The van der Waals surface area contributed by atoms with E-state index in [-0.39, 0.29) is 28.8 Å². The Hall–Kier alpha value is -2.43. The molecule has 1 aliphatic heterocycles. The monoisotopic (exact) mass is 464 g/mol. The van der Waals surface area contributed by atoms with Gasteiger partial charge in [-0.3, -0.25) is 4.79 Å². The molecule has 2 fully saturated rings. The Morgan fingerprint density at radius 3 is 2.35 bits per heavy atom. The fourth-order valence-corrected chi connectivity index (χ4v) is 6.03. The zero-order valence-corrected chi connectivity index (χ0v) is 18.8. The van der Waals surface area contributed by atoms with E-state index in [1.54, 1.807) is 29.2 Å². The molecule has 0 radical (unpaired) electrons. The topological polar surface area (TPSA) is 93.2 Å². The van der Waals surface area contributed by atoms with Gasteiger partial charge in [-0.15, -0.1) is 11.3 Å². The van der Waals surface area contributed by atoms with Crippen LogP contribution in [0.5, 0.6) is 5.75 Å². The van der Waals surface area contributed by atoms with Crippen molar-refractivity contribution in [3.05, 3.63) is 46.8 Å². The normalized spacial score (nSPS) is 17.4. The van der Waals surface area contributed by atoms with Gasteiger partial charge >= 0.3 is 5.97 Å². The van der Waals surface area contributed by atoms with Gasteiger partial charge in [-0.1, -0.05) is 0 Å². The second-order valence-electron chi connectivity index (χ2n) is 7.62. The zero-order chi connectivity index (χ0) is 22.0. The molecule has 0 atom stereocenters. The van der Waals surface area contributed by atoms with Crippen LogP contribution >= 0.6 is 11.3 Å². The molecule has 1 aromatic carbocycles. The lowest BCUT2D eigenvalue weighted by molar-refractivity contribution is 0.0600. The first-order valence-corrected chi connectivity index (χ1v) is 12.4. The van der Waals surface area contributed by atoms with E-state index in [1.165, 1.54) is 35.7 Å². The Morgan fingerprint density at radius 1 is 1.06 bits per heavy atom. The van der Waals surface area contributed by atoms with Gasteiger partial charge in [-0.25, -0.2) is 13.2 Å². The first-order chi connectivity index (χ1) is 14.9. The van der Waals surface area contributed by atoms with Crippen molar-refractivity contribution in [2.75, 3.05) is 39.9 Å². The SMILES string of the molecule is COC(=O)c1csc(S(=O)(=O)N2CCN(C(=O)c3ccc(OCC4CC4)cc3)CC2)c1. The summed E-state index contributed by atoms with van der Waals surface area (Å²) in [5, 5.41) is 1.47. The Bertz CT molecular complexity index is 1050. The summed E-state index contributed by atoms with van der Waals surface area (Å²) >= 11 is 0.986. The predicted octanol–water partition coefficient (Wildman–Crippen LogP) is 2.47. The van der Waals surface area contributed by atoms with Crippen LogP contribution in [0.2, 0.25) is 0 Å². The van der Waals surface area contributed by atoms with Crippen LogP contribution in [0.15, 0.2) is 39.9 Å². The van der Waals surface area contributed by atoms with E-state index in [0.29, 0.717) is 24.6 Å². The number of nitrogens with zero attached hydrogens (tertiary/aromatic N) is 2. The highest BCUT2D eigenvalue weighted by Crippen LogP contribution is 2.30. The molecule has 1 aromatic heterocycles. The number of hydrogen-bond donors (Lipinski definition) is 0. The lowest BCUT2D eigenvalue weighted by Crippen LogP contribution is -2.50. The molecule has 1 aliphatic carbocycles. The Balaban J connectivity index is 1.34. The first-order valence-electron chi connectivity index (χ1n) is 10.1. The van der Waals surface area contributed by atoms with Crippen molar-refractivity contribution in [2.45, 2.75) is 17.1 Å². The Kier molecular flexibility index (Phi) is 6.31. The second-order valence-corrected chi connectivity index (χ2v) is 10.7. The smallest absolute Gasteiger partial charge is 0.338 e. The summed E-state index contributed by atoms with van der Waals surface area (Å²) in [6, 6.07) is 8.41. The number of methoxy groups -OCH3 is 1. The molecule has 4 rings (SSSR count). The van der Waals surface area contributed by atoms with E-state index in [1.807, 2.05) is 0 Å². The third kappa shape index (κ3) is 4.91. The quantitative estimate of drug-likeness (QED) is 0.585. The number of thiophene rings is 1. The molecule has 0 N–H and O–H groups in total. The average Bonchev–Trinajstić information content (AvgIpc) is 3.49. The molecule has 0 bridgehead atoms. The lowest BCUT2D eigenvalue weighted by Gasteiger charge is -2.33. The van der Waals surface area contributed by atoms with E-state index in [4.69, 9.17) is 4.74 Å². The Morgan fingerprint density at radius 2 is 1.74 bits per heavy atom. The molecular weight excluding hydrogens is 440 g/mol. The molecule has 0 spiro atoms. The van der Waals surface area contributed by atoms with Crippen molar-refractivity contribution in [1.29, 1.82) is 0 Å². The predicted molar refractivity (Wildman–Crippen MR) is 115 cm³/mol. The minimum atomic E-state index is -3.72. The van der Waals surface area contributed by atoms with Gasteiger partial charge in [0.25, 0.3) is 15.9 Å². The van der Waals surface area contributed by atoms with Crippen molar-refractivity contribution in [2.24, 2.45) is 5.92 Å². The van der Waals surface area contributed by atoms with Gasteiger partial charge in [0.1, 0.15) is 9.96 Å². The van der Waals surface area contributed by atoms with Crippen LogP contribution in [0.25, 0.3) is 0 Å². The number of sulfonamides is 1. The molecule has 1 saturated heterocycles. The molecule has 2 aromatic rings. The van der Waals surface area contributed by atoms with Crippen molar-refractivity contribution >= 4 is 33.2 Å². The summed E-state index contributed by atoms with van der Waals surface area (Å²) in [6.45, 7) is 1.71. The number of ether oxygens (including phenoxy) is 2. The lowest BCUT2D eigenvalue weighted by atomic mass is 10.2. The maximum Gasteiger partial charge on any atom is 0.338 e. The number of benzene rings is 1. The van der Waals surface area contributed by atoms with E-state index >= 15 is 0 Å². The highest BCUT2D eigenvalue weighted by molar-refractivity contribution is 7.91. The van der Waals surface area contributed by atoms with E-state index in [0.717, 1.165) is 23.7 Å². The minimum Gasteiger partial charge on any atom is -0.493 e. The highest BCUT2D eigenvalue weighted by atomic mass is 32.2. The summed E-state index contributed by atoms with van der Waals surface area (Å²) in [5.74, 6) is 0.712. The number of amides is 1. The summed E-state index contributed by atoms with van der Waals surface area (Å²) in [6.07, 6.45) is 2.44. The number of carbonyl (C=O) groups is 2. The number of piperazine rings is 1. The van der Waals surface area contributed by atoms with Crippen molar-refractivity contribution in [1.82, 2.24) is 9.21 Å². The third-order valence-corrected chi connectivity index (χ3v) is 8.71. The molecule has 31 heavy (non-hydrogen) atoms. The zero-order valence-electron chi connectivity index (χ0n) is 17.2. The van der Waals surface area contributed by atoms with Gasteiger partial charge in [0.05, 0.1) is 19.3 Å². The third-order valence-electron chi connectivity index (χ3n) is 5.40. The molecule has 0 unspecified atom stereocenters. The summed E-state index contributed by atoms with van der Waals surface area (Å²) in [4.78, 5) is 26.0. The molecule has 2 aliphatic rings. The van der Waals surface area contributed by atoms with Crippen LogP contribution in [0.3, 0.4) is 0 Å². The van der Waals surface area contributed by atoms with Crippen molar-refractivity contribution < 1.29 is 27.5 Å². The van der Waals surface area contributed by atoms with Crippen LogP contribution in [0.1, 0.15) is 33.6 Å². The fourth-order valence-electron chi connectivity index (χ4n) is 3.31. The van der Waals surface area contributed by atoms with Crippen LogP contribution in [0.4, 0.5) is 0 Å².